The van der Waals surface area contributed by atoms with E-state index in [2.05, 4.69) is 18.5 Å². The van der Waals surface area contributed by atoms with Gasteiger partial charge in [0.05, 0.1) is 5.41 Å². The number of rotatable bonds is 2. The summed E-state index contributed by atoms with van der Waals surface area (Å²) in [6, 6.07) is 0. The summed E-state index contributed by atoms with van der Waals surface area (Å²) in [7, 11) is -3.90. The van der Waals surface area contributed by atoms with Crippen molar-refractivity contribution >= 4 is 16.0 Å². The predicted molar refractivity (Wildman–Crippen MR) is 59.8 cm³/mol. The van der Waals surface area contributed by atoms with Crippen molar-refractivity contribution in [2.75, 3.05) is 0 Å². The number of carbonyl (C=O) groups is 1. The molecule has 0 saturated heterocycles. The first-order valence-electron chi connectivity index (χ1n) is 4.06. The maximum atomic E-state index is 10.6. The minimum atomic E-state index is -3.90. The fourth-order valence-electron chi connectivity index (χ4n) is 0.421. The Kier molecular flexibility index (Phi) is 6.91. The predicted octanol–water partition coefficient (Wildman–Crippen LogP) is 1.10. The molecule has 0 aromatic heterocycles. The molecule has 15 heavy (non-hydrogen) atoms. The molecule has 0 aromatic rings. The molecule has 0 unspecified atom stereocenters. The van der Waals surface area contributed by atoms with Crippen LogP contribution in [0.15, 0.2) is 24.6 Å². The third kappa shape index (κ3) is 19.3. The van der Waals surface area contributed by atoms with Gasteiger partial charge in [-0.2, -0.15) is 8.42 Å². The second kappa shape index (κ2) is 6.36. The summed E-state index contributed by atoms with van der Waals surface area (Å²) in [4.78, 5) is 10.6. The average Bonchev–Trinajstić information content (AvgIpc) is 2.01. The summed E-state index contributed by atoms with van der Waals surface area (Å²) in [6.07, 6.45) is 1.27. The number of hydrogen-bond acceptors (Lipinski definition) is 3. The Morgan fingerprint density at radius 2 is 1.67 bits per heavy atom. The maximum Gasteiger partial charge on any atom is 0.287 e. The summed E-state index contributed by atoms with van der Waals surface area (Å²) >= 11 is 0. The van der Waals surface area contributed by atoms with Crippen LogP contribution in [0.3, 0.4) is 0 Å². The molecule has 1 amide bonds. The highest BCUT2D eigenvalue weighted by atomic mass is 32.2. The van der Waals surface area contributed by atoms with E-state index in [4.69, 9.17) is 4.55 Å². The molecule has 0 spiro atoms. The lowest BCUT2D eigenvalue weighted by molar-refractivity contribution is -0.117. The van der Waals surface area contributed by atoms with Crippen molar-refractivity contribution < 1.29 is 17.8 Å². The monoisotopic (exact) mass is 235 g/mol. The second-order valence-electron chi connectivity index (χ2n) is 3.63. The maximum absolute atomic E-state index is 10.6. The molecule has 0 aliphatic heterocycles. The standard InChI is InChI=1S/C7H13NO.C2H4O3S/c1-5-6(9)8-7(2,3)4;1-2-6(3,4)5/h5H,1H2,2-4H3,(H,8,9);2H,1H2,(H,3,4,5). The lowest BCUT2D eigenvalue weighted by Gasteiger charge is -2.18. The van der Waals surface area contributed by atoms with E-state index in [-0.39, 0.29) is 11.4 Å². The molecule has 6 heteroatoms. The molecule has 0 fully saturated rings. The average molecular weight is 235 g/mol. The van der Waals surface area contributed by atoms with Gasteiger partial charge in [0.2, 0.25) is 5.91 Å². The van der Waals surface area contributed by atoms with Gasteiger partial charge in [-0.3, -0.25) is 9.35 Å². The zero-order chi connectivity index (χ0) is 12.7. The van der Waals surface area contributed by atoms with Crippen LogP contribution in [0.1, 0.15) is 20.8 Å². The smallest absolute Gasteiger partial charge is 0.287 e. The first-order valence-corrected chi connectivity index (χ1v) is 5.56. The van der Waals surface area contributed by atoms with Crippen LogP contribution in [-0.2, 0) is 14.9 Å². The van der Waals surface area contributed by atoms with E-state index in [1.807, 2.05) is 20.8 Å². The van der Waals surface area contributed by atoms with E-state index in [0.29, 0.717) is 5.41 Å². The van der Waals surface area contributed by atoms with Gasteiger partial charge in [-0.25, -0.2) is 0 Å². The molecule has 0 aromatic carbocycles. The van der Waals surface area contributed by atoms with Gasteiger partial charge >= 0.3 is 0 Å². The summed E-state index contributed by atoms with van der Waals surface area (Å²) in [6.45, 7) is 11.9. The molecule has 0 heterocycles. The summed E-state index contributed by atoms with van der Waals surface area (Å²) < 4.78 is 26.6. The van der Waals surface area contributed by atoms with Crippen LogP contribution < -0.4 is 5.32 Å². The number of amides is 1. The van der Waals surface area contributed by atoms with Crippen molar-refractivity contribution in [3.05, 3.63) is 24.6 Å². The SMILES string of the molecule is C=CC(=O)NC(C)(C)C.C=CS(=O)(=O)O. The first-order chi connectivity index (χ1) is 6.52. The highest BCUT2D eigenvalue weighted by molar-refractivity contribution is 7.88. The topological polar surface area (TPSA) is 83.5 Å². The van der Waals surface area contributed by atoms with Crippen LogP contribution in [0.5, 0.6) is 0 Å². The molecule has 88 valence electrons. The largest absolute Gasteiger partial charge is 0.348 e. The Morgan fingerprint density at radius 3 is 1.73 bits per heavy atom. The van der Waals surface area contributed by atoms with Gasteiger partial charge in [-0.1, -0.05) is 13.2 Å². The third-order valence-corrected chi connectivity index (χ3v) is 1.32. The highest BCUT2D eigenvalue weighted by Gasteiger charge is 2.10. The van der Waals surface area contributed by atoms with Gasteiger partial charge in [-0.05, 0) is 26.8 Å². The number of nitrogens with one attached hydrogen (secondary N) is 1. The molecule has 0 aliphatic carbocycles. The zero-order valence-electron chi connectivity index (χ0n) is 9.15. The van der Waals surface area contributed by atoms with E-state index in [9.17, 15) is 13.2 Å². The van der Waals surface area contributed by atoms with Crippen molar-refractivity contribution in [2.24, 2.45) is 0 Å². The lowest BCUT2D eigenvalue weighted by Crippen LogP contribution is -2.39. The summed E-state index contributed by atoms with van der Waals surface area (Å²) in [5.41, 5.74) is -0.148. The molecule has 0 bridgehead atoms. The molecule has 5 nitrogen and oxygen atoms in total. The Hall–Kier alpha value is -1.14. The zero-order valence-corrected chi connectivity index (χ0v) is 9.97. The van der Waals surface area contributed by atoms with Crippen LogP contribution in [0.4, 0.5) is 0 Å². The van der Waals surface area contributed by atoms with E-state index in [0.717, 1.165) is 0 Å². The molecule has 0 rings (SSSR count). The summed E-state index contributed by atoms with van der Waals surface area (Å²) in [5, 5.41) is 3.18. The Labute approximate surface area is 90.6 Å². The van der Waals surface area contributed by atoms with Crippen molar-refractivity contribution in [1.29, 1.82) is 0 Å². The quantitative estimate of drug-likeness (QED) is 0.554. The first kappa shape index (κ1) is 16.3. The Bertz CT molecular complexity index is 313. The van der Waals surface area contributed by atoms with Crippen molar-refractivity contribution in [3.63, 3.8) is 0 Å². The number of hydrogen-bond donors (Lipinski definition) is 2. The van der Waals surface area contributed by atoms with E-state index in [1.54, 1.807) is 0 Å². The third-order valence-electron chi connectivity index (χ3n) is 0.894. The molecular formula is C9H17NO4S. The second-order valence-corrected chi connectivity index (χ2v) is 4.99. The van der Waals surface area contributed by atoms with E-state index < -0.39 is 10.1 Å². The summed E-state index contributed by atoms with van der Waals surface area (Å²) in [5.74, 6) is -0.123. The van der Waals surface area contributed by atoms with Gasteiger partial charge in [0, 0.05) is 5.54 Å². The highest BCUT2D eigenvalue weighted by Crippen LogP contribution is 1.97. The minimum absolute atomic E-state index is 0.123. The van der Waals surface area contributed by atoms with E-state index in [1.165, 1.54) is 6.08 Å². The van der Waals surface area contributed by atoms with E-state index >= 15 is 0 Å². The van der Waals surface area contributed by atoms with Gasteiger partial charge in [0.1, 0.15) is 0 Å². The van der Waals surface area contributed by atoms with Gasteiger partial charge in [0.15, 0.2) is 0 Å². The Balaban J connectivity index is 0. The molecular weight excluding hydrogens is 218 g/mol. The molecule has 0 aliphatic rings. The van der Waals surface area contributed by atoms with Crippen LogP contribution in [0.25, 0.3) is 0 Å². The minimum Gasteiger partial charge on any atom is -0.348 e. The Morgan fingerprint density at radius 1 is 1.33 bits per heavy atom. The van der Waals surface area contributed by atoms with Crippen molar-refractivity contribution in [3.8, 4) is 0 Å². The molecule has 0 atom stereocenters. The molecule has 0 saturated carbocycles. The van der Waals surface area contributed by atoms with Gasteiger partial charge < -0.3 is 5.32 Å². The van der Waals surface area contributed by atoms with Gasteiger partial charge in [0.25, 0.3) is 10.1 Å². The van der Waals surface area contributed by atoms with Gasteiger partial charge in [-0.15, -0.1) is 0 Å². The van der Waals surface area contributed by atoms with Crippen molar-refractivity contribution in [2.45, 2.75) is 26.3 Å². The fraction of sp³-hybridized carbons (Fsp3) is 0.444. The van der Waals surface area contributed by atoms with Crippen molar-refractivity contribution in [1.82, 2.24) is 5.32 Å². The van der Waals surface area contributed by atoms with Crippen LogP contribution in [-0.4, -0.2) is 24.4 Å². The normalized spacial score (nSPS) is 10.7. The number of carbonyl (C=O) groups excluding carboxylic acids is 1. The molecule has 2 N–H and O–H groups in total. The molecule has 0 radical (unpaired) electrons. The van der Waals surface area contributed by atoms with Crippen LogP contribution in [0, 0.1) is 0 Å². The fourth-order valence-corrected chi connectivity index (χ4v) is 0.421. The van der Waals surface area contributed by atoms with Crippen LogP contribution in [0.2, 0.25) is 0 Å². The van der Waals surface area contributed by atoms with Crippen LogP contribution >= 0.6 is 0 Å². The lowest BCUT2D eigenvalue weighted by atomic mass is 10.1.